The first kappa shape index (κ1) is 20.3. The number of carbonyl (C=O) groups excluding carboxylic acids is 1. The van der Waals surface area contributed by atoms with Crippen LogP contribution in [0.1, 0.15) is 5.56 Å². The Morgan fingerprint density at radius 3 is 2.33 bits per heavy atom. The number of rotatable bonds is 9. The number of ether oxygens (including phenoxy) is 3. The molecule has 8 heteroatoms. The molecule has 0 aliphatic carbocycles. The van der Waals surface area contributed by atoms with E-state index in [1.54, 1.807) is 50.4 Å². The van der Waals surface area contributed by atoms with Crippen LogP contribution in [0.2, 0.25) is 0 Å². The van der Waals surface area contributed by atoms with E-state index < -0.39 is 6.61 Å². The average Bonchev–Trinajstić information content (AvgIpc) is 2.66. The number of anilines is 1. The number of benzene rings is 2. The van der Waals surface area contributed by atoms with Crippen LogP contribution in [0, 0.1) is 0 Å². The summed E-state index contributed by atoms with van der Waals surface area (Å²) in [4.78, 5) is 13.9. The molecule has 0 spiro atoms. The van der Waals surface area contributed by atoms with Crippen LogP contribution in [0.3, 0.4) is 0 Å². The van der Waals surface area contributed by atoms with Crippen molar-refractivity contribution in [3.63, 3.8) is 0 Å². The largest absolute Gasteiger partial charge is 0.493 e. The maximum absolute atomic E-state index is 12.2. The van der Waals surface area contributed by atoms with Crippen molar-refractivity contribution in [2.75, 3.05) is 32.7 Å². The number of nitrogens with one attached hydrogen (secondary N) is 1. The first-order chi connectivity index (χ1) is 12.9. The molecule has 6 nitrogen and oxygen atoms in total. The van der Waals surface area contributed by atoms with Crippen LogP contribution in [0.15, 0.2) is 42.5 Å². The summed E-state index contributed by atoms with van der Waals surface area (Å²) in [6.45, 7) is -2.43. The lowest BCUT2D eigenvalue weighted by Gasteiger charge is -2.20. The third-order valence-corrected chi connectivity index (χ3v) is 3.83. The molecule has 0 bridgehead atoms. The lowest BCUT2D eigenvalue weighted by atomic mass is 10.2. The lowest BCUT2D eigenvalue weighted by Crippen LogP contribution is -2.34. The van der Waals surface area contributed by atoms with Crippen LogP contribution in [0.25, 0.3) is 0 Å². The highest BCUT2D eigenvalue weighted by Crippen LogP contribution is 2.30. The molecule has 2 rings (SSSR count). The maximum Gasteiger partial charge on any atom is 0.387 e. The van der Waals surface area contributed by atoms with Gasteiger partial charge in [0.25, 0.3) is 0 Å². The zero-order valence-corrected chi connectivity index (χ0v) is 15.4. The minimum atomic E-state index is -2.86. The Labute approximate surface area is 156 Å². The van der Waals surface area contributed by atoms with Crippen molar-refractivity contribution in [2.24, 2.45) is 0 Å². The highest BCUT2D eigenvalue weighted by Gasteiger charge is 2.11. The van der Waals surface area contributed by atoms with Crippen LogP contribution in [-0.4, -0.2) is 40.3 Å². The quantitative estimate of drug-likeness (QED) is 0.725. The summed E-state index contributed by atoms with van der Waals surface area (Å²) in [7, 11) is 4.89. The number of likely N-dealkylation sites (N-methyl/N-ethyl adjacent to an activating group) is 1. The van der Waals surface area contributed by atoms with Gasteiger partial charge in [-0.3, -0.25) is 4.79 Å². The maximum atomic E-state index is 12.2. The van der Waals surface area contributed by atoms with Gasteiger partial charge in [-0.25, -0.2) is 0 Å². The first-order valence-corrected chi connectivity index (χ1v) is 8.16. The number of hydrogen-bond acceptors (Lipinski definition) is 5. The summed E-state index contributed by atoms with van der Waals surface area (Å²) in [5.74, 6) is 1.08. The van der Waals surface area contributed by atoms with E-state index in [1.165, 1.54) is 12.1 Å². The molecule has 0 aliphatic heterocycles. The monoisotopic (exact) mass is 380 g/mol. The second-order valence-corrected chi connectivity index (χ2v) is 5.69. The molecule has 0 heterocycles. The molecule has 0 saturated carbocycles. The van der Waals surface area contributed by atoms with E-state index in [1.807, 2.05) is 6.07 Å². The van der Waals surface area contributed by atoms with Crippen molar-refractivity contribution in [3.05, 3.63) is 48.0 Å². The van der Waals surface area contributed by atoms with E-state index in [9.17, 15) is 13.6 Å². The van der Waals surface area contributed by atoms with Gasteiger partial charge in [-0.1, -0.05) is 12.1 Å². The van der Waals surface area contributed by atoms with Crippen LogP contribution in [0.5, 0.6) is 17.2 Å². The summed E-state index contributed by atoms with van der Waals surface area (Å²) in [5.41, 5.74) is 1.58. The highest BCUT2D eigenvalue weighted by atomic mass is 19.3. The molecule has 0 aliphatic rings. The van der Waals surface area contributed by atoms with Crippen molar-refractivity contribution >= 4 is 11.6 Å². The number of carbonyl (C=O) groups is 1. The molecule has 146 valence electrons. The van der Waals surface area contributed by atoms with Crippen LogP contribution in [0.4, 0.5) is 14.5 Å². The summed E-state index contributed by atoms with van der Waals surface area (Å²) in [5, 5.41) is 2.79. The zero-order chi connectivity index (χ0) is 19.8. The van der Waals surface area contributed by atoms with E-state index in [0.29, 0.717) is 11.5 Å². The zero-order valence-electron chi connectivity index (χ0n) is 15.4. The fourth-order valence-electron chi connectivity index (χ4n) is 2.41. The molecule has 0 atom stereocenters. The summed E-state index contributed by atoms with van der Waals surface area (Å²) >= 11 is 0. The van der Waals surface area contributed by atoms with Crippen molar-refractivity contribution in [3.8, 4) is 17.2 Å². The van der Waals surface area contributed by atoms with Gasteiger partial charge in [0, 0.05) is 25.3 Å². The second-order valence-electron chi connectivity index (χ2n) is 5.69. The number of hydrogen-bond donors (Lipinski definition) is 1. The molecule has 27 heavy (non-hydrogen) atoms. The molecule has 0 fully saturated rings. The predicted octanol–water partition coefficient (Wildman–Crippen LogP) is 3.06. The molecular weight excluding hydrogens is 358 g/mol. The van der Waals surface area contributed by atoms with Crippen molar-refractivity contribution in [1.29, 1.82) is 0 Å². The standard InChI is InChI=1S/C19H22F2N2O4/c1-23(14-6-9-16(25-2)17(10-14)26-3)12-18(24)22-11-13-4-7-15(8-5-13)27-19(20)21/h4-10,19H,11-12H2,1-3H3,(H,22,24). The lowest BCUT2D eigenvalue weighted by molar-refractivity contribution is -0.119. The number of halogens is 2. The van der Waals surface area contributed by atoms with Crippen LogP contribution >= 0.6 is 0 Å². The van der Waals surface area contributed by atoms with Gasteiger partial charge in [-0.2, -0.15) is 8.78 Å². The minimum Gasteiger partial charge on any atom is -0.493 e. The number of methoxy groups -OCH3 is 2. The van der Waals surface area contributed by atoms with Gasteiger partial charge in [-0.15, -0.1) is 0 Å². The van der Waals surface area contributed by atoms with Crippen molar-refractivity contribution in [2.45, 2.75) is 13.2 Å². The molecule has 1 amide bonds. The summed E-state index contributed by atoms with van der Waals surface area (Å²) in [6.07, 6.45) is 0. The third-order valence-electron chi connectivity index (χ3n) is 3.83. The molecular formula is C19H22F2N2O4. The number of alkyl halides is 2. The highest BCUT2D eigenvalue weighted by molar-refractivity contribution is 5.81. The van der Waals surface area contributed by atoms with Gasteiger partial charge in [-0.05, 0) is 29.8 Å². The molecule has 1 N–H and O–H groups in total. The van der Waals surface area contributed by atoms with E-state index >= 15 is 0 Å². The van der Waals surface area contributed by atoms with Crippen molar-refractivity contribution < 1.29 is 27.8 Å². The van der Waals surface area contributed by atoms with Crippen molar-refractivity contribution in [1.82, 2.24) is 5.32 Å². The summed E-state index contributed by atoms with van der Waals surface area (Å²) in [6, 6.07) is 11.5. The van der Waals surface area contributed by atoms with Crippen LogP contribution in [-0.2, 0) is 11.3 Å². The van der Waals surface area contributed by atoms with Crippen LogP contribution < -0.4 is 24.4 Å². The number of amides is 1. The molecule has 0 unspecified atom stereocenters. The van der Waals surface area contributed by atoms with Gasteiger partial charge in [0.1, 0.15) is 5.75 Å². The molecule has 0 saturated heterocycles. The predicted molar refractivity (Wildman–Crippen MR) is 97.7 cm³/mol. The summed E-state index contributed by atoms with van der Waals surface area (Å²) < 4.78 is 39.0. The molecule has 2 aromatic carbocycles. The Morgan fingerprint density at radius 1 is 1.07 bits per heavy atom. The fraction of sp³-hybridized carbons (Fsp3) is 0.316. The Bertz CT molecular complexity index is 754. The molecule has 2 aromatic rings. The minimum absolute atomic E-state index is 0.0771. The van der Waals surface area contributed by atoms with E-state index in [0.717, 1.165) is 11.3 Å². The van der Waals surface area contributed by atoms with Gasteiger partial charge in [0.15, 0.2) is 11.5 Å². The van der Waals surface area contributed by atoms with E-state index in [-0.39, 0.29) is 24.7 Å². The Kier molecular flexibility index (Phi) is 7.22. The van der Waals surface area contributed by atoms with Gasteiger partial charge in [0.05, 0.1) is 20.8 Å². The first-order valence-electron chi connectivity index (χ1n) is 8.16. The average molecular weight is 380 g/mol. The smallest absolute Gasteiger partial charge is 0.387 e. The Balaban J connectivity index is 1.88. The van der Waals surface area contributed by atoms with Gasteiger partial charge >= 0.3 is 6.61 Å². The molecule has 0 radical (unpaired) electrons. The second kappa shape index (κ2) is 9.61. The topological polar surface area (TPSA) is 60.0 Å². The van der Waals surface area contributed by atoms with Gasteiger partial charge in [0.2, 0.25) is 5.91 Å². The number of nitrogens with zero attached hydrogens (tertiary/aromatic N) is 1. The SMILES string of the molecule is COc1ccc(N(C)CC(=O)NCc2ccc(OC(F)F)cc2)cc1OC. The molecule has 0 aromatic heterocycles. The Hall–Kier alpha value is -3.03. The van der Waals surface area contributed by atoms with E-state index in [4.69, 9.17) is 9.47 Å². The third kappa shape index (κ3) is 6.02. The Morgan fingerprint density at radius 2 is 1.74 bits per heavy atom. The normalized spacial score (nSPS) is 10.4. The van der Waals surface area contributed by atoms with E-state index in [2.05, 4.69) is 10.1 Å². The fourth-order valence-corrected chi connectivity index (χ4v) is 2.41. The van der Waals surface area contributed by atoms with Gasteiger partial charge < -0.3 is 24.4 Å².